The van der Waals surface area contributed by atoms with Crippen molar-refractivity contribution >= 4 is 17.8 Å². The fourth-order valence-electron chi connectivity index (χ4n) is 2.91. The molecule has 1 aromatic rings. The van der Waals surface area contributed by atoms with Crippen molar-refractivity contribution in [2.45, 2.75) is 65.1 Å². The number of rotatable bonds is 11. The van der Waals surface area contributed by atoms with Gasteiger partial charge in [-0.05, 0) is 36.0 Å². The van der Waals surface area contributed by atoms with Crippen molar-refractivity contribution in [1.29, 1.82) is 0 Å². The summed E-state index contributed by atoms with van der Waals surface area (Å²) in [5.41, 5.74) is 6.63. The lowest BCUT2D eigenvalue weighted by atomic mass is 9.97. The number of aromatic hydroxyl groups is 1. The quantitative estimate of drug-likeness (QED) is 0.375. The van der Waals surface area contributed by atoms with Gasteiger partial charge in [-0.3, -0.25) is 9.59 Å². The normalized spacial score (nSPS) is 15.2. The molecule has 29 heavy (non-hydrogen) atoms. The van der Waals surface area contributed by atoms with Crippen molar-refractivity contribution < 1.29 is 24.6 Å². The van der Waals surface area contributed by atoms with Crippen LogP contribution >= 0.6 is 0 Å². The molecule has 1 rings (SSSR count). The zero-order chi connectivity index (χ0) is 22.1. The van der Waals surface area contributed by atoms with Crippen LogP contribution in [0.15, 0.2) is 24.3 Å². The number of phenolic OH excluding ortho intramolecular Hbond substituents is 1. The van der Waals surface area contributed by atoms with Crippen molar-refractivity contribution in [2.75, 3.05) is 0 Å². The molecule has 0 aliphatic carbocycles. The molecule has 0 bridgehead atoms. The number of amides is 2. The predicted octanol–water partition coefficient (Wildman–Crippen LogP) is 1.41. The van der Waals surface area contributed by atoms with Gasteiger partial charge < -0.3 is 26.6 Å². The van der Waals surface area contributed by atoms with Crippen LogP contribution in [-0.4, -0.2) is 46.1 Å². The zero-order valence-electron chi connectivity index (χ0n) is 17.5. The van der Waals surface area contributed by atoms with Crippen LogP contribution in [-0.2, 0) is 20.8 Å². The number of nitrogens with two attached hydrogens (primary N) is 1. The fourth-order valence-corrected chi connectivity index (χ4v) is 2.91. The highest BCUT2D eigenvalue weighted by molar-refractivity contribution is 5.92. The molecule has 6 N–H and O–H groups in total. The van der Waals surface area contributed by atoms with Crippen LogP contribution in [0.25, 0.3) is 0 Å². The maximum absolute atomic E-state index is 12.9. The number of phenols is 1. The Bertz CT molecular complexity index is 690. The summed E-state index contributed by atoms with van der Waals surface area (Å²) in [7, 11) is 0. The third-order valence-electron chi connectivity index (χ3n) is 4.85. The standard InChI is InChI=1S/C21H33N3O5/c1-5-13(4)18(21(28)29)24-20(27)17(11-14-6-8-15(25)9-7-14)23-19(26)16(22)10-12(2)3/h6-9,12-13,16-18,25H,5,10-11,22H2,1-4H3,(H,23,26)(H,24,27)(H,28,29). The number of hydrogen-bond acceptors (Lipinski definition) is 5. The third-order valence-corrected chi connectivity index (χ3v) is 4.85. The molecule has 0 fully saturated rings. The van der Waals surface area contributed by atoms with E-state index in [-0.39, 0.29) is 24.0 Å². The molecule has 0 radical (unpaired) electrons. The van der Waals surface area contributed by atoms with Crippen molar-refractivity contribution in [3.05, 3.63) is 29.8 Å². The van der Waals surface area contributed by atoms with Gasteiger partial charge in [0.05, 0.1) is 6.04 Å². The van der Waals surface area contributed by atoms with Gasteiger partial charge >= 0.3 is 5.97 Å². The number of carbonyl (C=O) groups is 3. The second kappa shape index (κ2) is 11.4. The van der Waals surface area contributed by atoms with E-state index < -0.39 is 35.9 Å². The summed E-state index contributed by atoms with van der Waals surface area (Å²) in [6.07, 6.45) is 1.18. The SMILES string of the molecule is CCC(C)C(NC(=O)C(Cc1ccc(O)cc1)NC(=O)C(N)CC(C)C)C(=O)O. The van der Waals surface area contributed by atoms with Crippen LogP contribution in [0.5, 0.6) is 5.75 Å². The van der Waals surface area contributed by atoms with Crippen molar-refractivity contribution in [1.82, 2.24) is 10.6 Å². The lowest BCUT2D eigenvalue weighted by Gasteiger charge is -2.25. The number of carboxylic acid groups (broad SMARTS) is 1. The van der Waals surface area contributed by atoms with E-state index in [1.165, 1.54) is 12.1 Å². The summed E-state index contributed by atoms with van der Waals surface area (Å²) in [6.45, 7) is 7.47. The highest BCUT2D eigenvalue weighted by Crippen LogP contribution is 2.13. The summed E-state index contributed by atoms with van der Waals surface area (Å²) < 4.78 is 0. The van der Waals surface area contributed by atoms with Gasteiger partial charge in [0, 0.05) is 6.42 Å². The molecule has 1 aromatic carbocycles. The van der Waals surface area contributed by atoms with E-state index in [9.17, 15) is 24.6 Å². The number of nitrogens with one attached hydrogen (secondary N) is 2. The molecular weight excluding hydrogens is 374 g/mol. The molecule has 0 spiro atoms. The molecule has 162 valence electrons. The minimum atomic E-state index is -1.13. The maximum atomic E-state index is 12.9. The number of aliphatic carboxylic acids is 1. The third kappa shape index (κ3) is 8.11. The van der Waals surface area contributed by atoms with Crippen molar-refractivity contribution in [2.24, 2.45) is 17.6 Å². The minimum absolute atomic E-state index is 0.0838. The maximum Gasteiger partial charge on any atom is 0.326 e. The Hall–Kier alpha value is -2.61. The first-order valence-corrected chi connectivity index (χ1v) is 9.92. The second-order valence-electron chi connectivity index (χ2n) is 7.88. The first-order chi connectivity index (χ1) is 13.5. The molecule has 0 aliphatic heterocycles. The largest absolute Gasteiger partial charge is 0.508 e. The summed E-state index contributed by atoms with van der Waals surface area (Å²) in [6, 6.07) is 3.42. The van der Waals surface area contributed by atoms with E-state index in [0.717, 1.165) is 0 Å². The molecule has 8 nitrogen and oxygen atoms in total. The van der Waals surface area contributed by atoms with Gasteiger partial charge in [-0.25, -0.2) is 4.79 Å². The van der Waals surface area contributed by atoms with Gasteiger partial charge in [0.15, 0.2) is 0 Å². The zero-order valence-corrected chi connectivity index (χ0v) is 17.5. The molecule has 4 atom stereocenters. The summed E-state index contributed by atoms with van der Waals surface area (Å²) in [5.74, 6) is -2.16. The monoisotopic (exact) mass is 407 g/mol. The van der Waals surface area contributed by atoms with Crippen LogP contribution in [0.3, 0.4) is 0 Å². The van der Waals surface area contributed by atoms with Gasteiger partial charge in [-0.2, -0.15) is 0 Å². The van der Waals surface area contributed by atoms with E-state index >= 15 is 0 Å². The molecule has 0 saturated carbocycles. The predicted molar refractivity (Wildman–Crippen MR) is 110 cm³/mol. The minimum Gasteiger partial charge on any atom is -0.508 e. The van der Waals surface area contributed by atoms with Gasteiger partial charge in [0.2, 0.25) is 11.8 Å². The summed E-state index contributed by atoms with van der Waals surface area (Å²) in [5, 5.41) is 24.1. The van der Waals surface area contributed by atoms with E-state index in [2.05, 4.69) is 10.6 Å². The van der Waals surface area contributed by atoms with Gasteiger partial charge in [-0.1, -0.05) is 46.2 Å². The van der Waals surface area contributed by atoms with Crippen LogP contribution in [0, 0.1) is 11.8 Å². The molecule has 0 aliphatic rings. The molecule has 4 unspecified atom stereocenters. The van der Waals surface area contributed by atoms with E-state index in [1.807, 2.05) is 20.8 Å². The Kier molecular flexibility index (Phi) is 9.61. The topological polar surface area (TPSA) is 142 Å². The van der Waals surface area contributed by atoms with E-state index in [4.69, 9.17) is 5.73 Å². The van der Waals surface area contributed by atoms with Crippen LogP contribution in [0.4, 0.5) is 0 Å². The molecular formula is C21H33N3O5. The molecule has 8 heteroatoms. The van der Waals surface area contributed by atoms with Gasteiger partial charge in [0.1, 0.15) is 17.8 Å². The first-order valence-electron chi connectivity index (χ1n) is 9.92. The Morgan fingerprint density at radius 3 is 2.10 bits per heavy atom. The Labute approximate surface area is 171 Å². The fraction of sp³-hybridized carbons (Fsp3) is 0.571. The summed E-state index contributed by atoms with van der Waals surface area (Å²) in [4.78, 5) is 36.9. The average Bonchev–Trinajstić information content (AvgIpc) is 2.65. The Morgan fingerprint density at radius 1 is 1.03 bits per heavy atom. The lowest BCUT2D eigenvalue weighted by Crippen LogP contribution is -2.56. The molecule has 2 amide bonds. The number of hydrogen-bond donors (Lipinski definition) is 5. The lowest BCUT2D eigenvalue weighted by molar-refractivity contribution is -0.143. The first kappa shape index (κ1) is 24.4. The molecule has 0 saturated heterocycles. The Morgan fingerprint density at radius 2 is 1.62 bits per heavy atom. The average molecular weight is 408 g/mol. The molecule has 0 aromatic heterocycles. The van der Waals surface area contributed by atoms with Gasteiger partial charge in [0.25, 0.3) is 0 Å². The van der Waals surface area contributed by atoms with E-state index in [0.29, 0.717) is 18.4 Å². The van der Waals surface area contributed by atoms with Crippen LogP contribution in [0.2, 0.25) is 0 Å². The van der Waals surface area contributed by atoms with E-state index in [1.54, 1.807) is 19.1 Å². The summed E-state index contributed by atoms with van der Waals surface area (Å²) >= 11 is 0. The Balaban J connectivity index is 3.01. The number of carbonyl (C=O) groups excluding carboxylic acids is 2. The number of carboxylic acids is 1. The molecule has 0 heterocycles. The van der Waals surface area contributed by atoms with Crippen LogP contribution in [0.1, 0.15) is 46.1 Å². The number of benzene rings is 1. The highest BCUT2D eigenvalue weighted by Gasteiger charge is 2.30. The van der Waals surface area contributed by atoms with Crippen molar-refractivity contribution in [3.63, 3.8) is 0 Å². The van der Waals surface area contributed by atoms with Gasteiger partial charge in [-0.15, -0.1) is 0 Å². The van der Waals surface area contributed by atoms with Crippen molar-refractivity contribution in [3.8, 4) is 5.75 Å². The smallest absolute Gasteiger partial charge is 0.326 e. The highest BCUT2D eigenvalue weighted by atomic mass is 16.4. The van der Waals surface area contributed by atoms with Crippen LogP contribution < -0.4 is 16.4 Å². The second-order valence-corrected chi connectivity index (χ2v) is 7.88.